The van der Waals surface area contributed by atoms with Crippen LogP contribution < -0.4 is 5.32 Å². The van der Waals surface area contributed by atoms with Crippen LogP contribution in [-0.4, -0.2) is 15.8 Å². The molecular formula is C17H11Cl2N3O3S. The summed E-state index contributed by atoms with van der Waals surface area (Å²) in [6.45, 7) is 1.58. The maximum Gasteiger partial charge on any atom is 0.272 e. The first-order valence-electron chi connectivity index (χ1n) is 7.32. The van der Waals surface area contributed by atoms with Gasteiger partial charge in [-0.1, -0.05) is 23.2 Å². The molecule has 6 nitrogen and oxygen atoms in total. The van der Waals surface area contributed by atoms with E-state index in [1.54, 1.807) is 30.5 Å². The molecule has 2 aromatic carbocycles. The third-order valence-electron chi connectivity index (χ3n) is 3.59. The number of carbonyl (C=O) groups is 1. The van der Waals surface area contributed by atoms with Crippen LogP contribution in [0.25, 0.3) is 11.3 Å². The van der Waals surface area contributed by atoms with Gasteiger partial charge >= 0.3 is 0 Å². The normalized spacial score (nSPS) is 10.6. The number of nitro benzene ring substituents is 1. The Morgan fingerprint density at radius 3 is 2.65 bits per heavy atom. The number of hydrogen-bond donors (Lipinski definition) is 1. The van der Waals surface area contributed by atoms with E-state index in [0.717, 1.165) is 0 Å². The van der Waals surface area contributed by atoms with Gasteiger partial charge in [-0.05, 0) is 37.3 Å². The van der Waals surface area contributed by atoms with E-state index in [1.807, 2.05) is 0 Å². The van der Waals surface area contributed by atoms with Gasteiger partial charge in [0.15, 0.2) is 5.13 Å². The summed E-state index contributed by atoms with van der Waals surface area (Å²) in [6.07, 6.45) is 0. The zero-order valence-electron chi connectivity index (χ0n) is 13.3. The summed E-state index contributed by atoms with van der Waals surface area (Å²) in [5.41, 5.74) is 2.02. The monoisotopic (exact) mass is 407 g/mol. The number of hydrogen-bond acceptors (Lipinski definition) is 5. The minimum absolute atomic E-state index is 0.0320. The Bertz CT molecular complexity index is 1020. The van der Waals surface area contributed by atoms with Crippen LogP contribution in [0.15, 0.2) is 41.8 Å². The molecule has 0 saturated heterocycles. The number of nitro groups is 1. The van der Waals surface area contributed by atoms with E-state index >= 15 is 0 Å². The highest BCUT2D eigenvalue weighted by molar-refractivity contribution is 7.14. The van der Waals surface area contributed by atoms with Crippen LogP contribution in [-0.2, 0) is 0 Å². The smallest absolute Gasteiger partial charge is 0.272 e. The molecule has 0 saturated carbocycles. The van der Waals surface area contributed by atoms with Crippen molar-refractivity contribution < 1.29 is 9.72 Å². The molecule has 0 aliphatic carbocycles. The summed E-state index contributed by atoms with van der Waals surface area (Å²) in [5, 5.41) is 16.7. The van der Waals surface area contributed by atoms with Crippen LogP contribution in [0.1, 0.15) is 15.9 Å². The topological polar surface area (TPSA) is 85.1 Å². The maximum absolute atomic E-state index is 12.3. The van der Waals surface area contributed by atoms with E-state index in [4.69, 9.17) is 23.2 Å². The molecule has 3 rings (SSSR count). The SMILES string of the molecule is Cc1cc(C(=O)Nc2nc(-c3ccc(Cl)cc3Cl)cs2)ccc1[N+](=O)[O-]. The molecule has 9 heteroatoms. The Kier molecular flexibility index (Phi) is 5.22. The molecule has 3 aromatic rings. The number of carbonyl (C=O) groups excluding carboxylic acids is 1. The maximum atomic E-state index is 12.3. The lowest BCUT2D eigenvalue weighted by molar-refractivity contribution is -0.385. The summed E-state index contributed by atoms with van der Waals surface area (Å²) in [6, 6.07) is 9.27. The zero-order chi connectivity index (χ0) is 18.8. The second-order valence-corrected chi connectivity index (χ2v) is 7.08. The van der Waals surface area contributed by atoms with Crippen molar-refractivity contribution in [1.82, 2.24) is 4.98 Å². The molecule has 0 aliphatic heterocycles. The van der Waals surface area contributed by atoms with E-state index in [-0.39, 0.29) is 5.69 Å². The Labute approximate surface area is 162 Å². The van der Waals surface area contributed by atoms with Crippen molar-refractivity contribution in [2.45, 2.75) is 6.92 Å². The lowest BCUT2D eigenvalue weighted by Gasteiger charge is -2.04. The van der Waals surface area contributed by atoms with Gasteiger partial charge in [0.2, 0.25) is 0 Å². The lowest BCUT2D eigenvalue weighted by Crippen LogP contribution is -2.12. The van der Waals surface area contributed by atoms with Gasteiger partial charge in [-0.3, -0.25) is 20.2 Å². The molecule has 1 heterocycles. The van der Waals surface area contributed by atoms with E-state index in [9.17, 15) is 14.9 Å². The van der Waals surface area contributed by atoms with E-state index in [2.05, 4.69) is 10.3 Å². The number of anilines is 1. The molecule has 0 bridgehead atoms. The molecule has 26 heavy (non-hydrogen) atoms. The number of aryl methyl sites for hydroxylation is 1. The fourth-order valence-corrected chi connectivity index (χ4v) is 3.53. The van der Waals surface area contributed by atoms with E-state index in [0.29, 0.717) is 37.6 Å². The summed E-state index contributed by atoms with van der Waals surface area (Å²) >= 11 is 13.3. The first-order valence-corrected chi connectivity index (χ1v) is 8.96. The standard InChI is InChI=1S/C17H11Cl2N3O3S/c1-9-6-10(2-5-15(9)22(24)25)16(23)21-17-20-14(8-26-17)12-4-3-11(18)7-13(12)19/h2-8H,1H3,(H,20,21,23). The fraction of sp³-hybridized carbons (Fsp3) is 0.0588. The molecule has 132 valence electrons. The number of halogens is 2. The molecule has 0 radical (unpaired) electrons. The largest absolute Gasteiger partial charge is 0.298 e. The van der Waals surface area contributed by atoms with Gasteiger partial charge in [0.1, 0.15) is 0 Å². The zero-order valence-corrected chi connectivity index (χ0v) is 15.7. The molecule has 0 fully saturated rings. The number of benzene rings is 2. The van der Waals surface area contributed by atoms with Gasteiger partial charge in [0, 0.05) is 33.2 Å². The molecule has 0 spiro atoms. The number of nitrogens with zero attached hydrogens (tertiary/aromatic N) is 2. The number of nitrogens with one attached hydrogen (secondary N) is 1. The Hall–Kier alpha value is -2.48. The van der Waals surface area contributed by atoms with Gasteiger partial charge in [0.25, 0.3) is 11.6 Å². The number of amides is 1. The fourth-order valence-electron chi connectivity index (χ4n) is 2.32. The van der Waals surface area contributed by atoms with Gasteiger partial charge in [-0.25, -0.2) is 4.98 Å². The predicted molar refractivity (Wildman–Crippen MR) is 103 cm³/mol. The van der Waals surface area contributed by atoms with Crippen molar-refractivity contribution in [2.75, 3.05) is 5.32 Å². The first kappa shape index (κ1) is 18.3. The molecular weight excluding hydrogens is 397 g/mol. The number of rotatable bonds is 4. The van der Waals surface area contributed by atoms with Crippen LogP contribution in [0.3, 0.4) is 0 Å². The second kappa shape index (κ2) is 7.41. The lowest BCUT2D eigenvalue weighted by atomic mass is 10.1. The first-order chi connectivity index (χ1) is 12.3. The van der Waals surface area contributed by atoms with Crippen LogP contribution in [0.2, 0.25) is 10.0 Å². The van der Waals surface area contributed by atoms with Crippen LogP contribution in [0.4, 0.5) is 10.8 Å². The Morgan fingerprint density at radius 2 is 2.00 bits per heavy atom. The van der Waals surface area contributed by atoms with Gasteiger partial charge < -0.3 is 0 Å². The summed E-state index contributed by atoms with van der Waals surface area (Å²) < 4.78 is 0. The molecule has 0 aliphatic rings. The highest BCUT2D eigenvalue weighted by Crippen LogP contribution is 2.32. The summed E-state index contributed by atoms with van der Waals surface area (Å²) in [5.74, 6) is -0.397. The molecule has 0 atom stereocenters. The third kappa shape index (κ3) is 3.85. The average molecular weight is 408 g/mol. The third-order valence-corrected chi connectivity index (χ3v) is 4.89. The minimum atomic E-state index is -0.486. The van der Waals surface area contributed by atoms with E-state index in [1.165, 1.54) is 29.5 Å². The molecule has 1 N–H and O–H groups in total. The quantitative estimate of drug-likeness (QED) is 0.451. The van der Waals surface area contributed by atoms with Crippen molar-refractivity contribution in [3.8, 4) is 11.3 Å². The van der Waals surface area contributed by atoms with Crippen LogP contribution in [0, 0.1) is 17.0 Å². The van der Waals surface area contributed by atoms with Crippen molar-refractivity contribution in [3.63, 3.8) is 0 Å². The highest BCUT2D eigenvalue weighted by Gasteiger charge is 2.15. The summed E-state index contributed by atoms with van der Waals surface area (Å²) in [7, 11) is 0. The average Bonchev–Trinajstić information content (AvgIpc) is 3.02. The molecule has 1 amide bonds. The number of thiazole rings is 1. The number of aromatic nitrogens is 1. The van der Waals surface area contributed by atoms with Gasteiger partial charge in [0.05, 0.1) is 15.6 Å². The van der Waals surface area contributed by atoms with E-state index < -0.39 is 10.8 Å². The van der Waals surface area contributed by atoms with Crippen LogP contribution in [0.5, 0.6) is 0 Å². The van der Waals surface area contributed by atoms with Crippen LogP contribution >= 0.6 is 34.5 Å². The van der Waals surface area contributed by atoms with Crippen molar-refractivity contribution >= 4 is 51.3 Å². The minimum Gasteiger partial charge on any atom is -0.298 e. The Balaban J connectivity index is 1.80. The highest BCUT2D eigenvalue weighted by atomic mass is 35.5. The van der Waals surface area contributed by atoms with Gasteiger partial charge in [-0.2, -0.15) is 0 Å². The summed E-state index contributed by atoms with van der Waals surface area (Å²) in [4.78, 5) is 27.1. The van der Waals surface area contributed by atoms with Crippen molar-refractivity contribution in [1.29, 1.82) is 0 Å². The molecule has 0 unspecified atom stereocenters. The molecule has 1 aromatic heterocycles. The van der Waals surface area contributed by atoms with Gasteiger partial charge in [-0.15, -0.1) is 11.3 Å². The predicted octanol–water partition coefficient (Wildman–Crippen LogP) is 5.59. The van der Waals surface area contributed by atoms with Crippen molar-refractivity contribution in [2.24, 2.45) is 0 Å². The Morgan fingerprint density at radius 1 is 1.23 bits per heavy atom. The van der Waals surface area contributed by atoms with Crippen molar-refractivity contribution in [3.05, 3.63) is 73.1 Å². The second-order valence-electron chi connectivity index (χ2n) is 5.37.